The van der Waals surface area contributed by atoms with E-state index in [2.05, 4.69) is 45.0 Å². The van der Waals surface area contributed by atoms with Crippen LogP contribution in [0, 0.1) is 6.92 Å². The average Bonchev–Trinajstić information content (AvgIpc) is 2.63. The normalized spacial score (nSPS) is 12.3. The number of rotatable bonds is 11. The van der Waals surface area contributed by atoms with Crippen molar-refractivity contribution in [3.8, 4) is 11.5 Å². The van der Waals surface area contributed by atoms with Gasteiger partial charge >= 0.3 is 0 Å². The van der Waals surface area contributed by atoms with E-state index in [4.69, 9.17) is 21.1 Å². The van der Waals surface area contributed by atoms with E-state index >= 15 is 0 Å². The fourth-order valence-corrected chi connectivity index (χ4v) is 3.16. The third-order valence-electron chi connectivity index (χ3n) is 4.64. The van der Waals surface area contributed by atoms with Crippen LogP contribution in [-0.2, 0) is 0 Å². The number of ether oxygens (including phenoxy) is 2. The van der Waals surface area contributed by atoms with Gasteiger partial charge in [-0.2, -0.15) is 0 Å². The lowest BCUT2D eigenvalue weighted by Gasteiger charge is -2.20. The van der Waals surface area contributed by atoms with Crippen LogP contribution in [0.3, 0.4) is 0 Å². The predicted octanol–water partition coefficient (Wildman–Crippen LogP) is 6.89. The quantitative estimate of drug-likeness (QED) is 0.320. The summed E-state index contributed by atoms with van der Waals surface area (Å²) in [7, 11) is 0. The number of hydrogen-bond acceptors (Lipinski definition) is 2. The minimum absolute atomic E-state index is 0.306. The van der Waals surface area contributed by atoms with Gasteiger partial charge in [-0.05, 0) is 67.1 Å². The monoisotopic (exact) mass is 362 g/mol. The summed E-state index contributed by atoms with van der Waals surface area (Å²) in [6.07, 6.45) is 7.13. The zero-order chi connectivity index (χ0) is 18.1. The molecular weight excluding hydrogens is 332 g/mol. The zero-order valence-corrected chi connectivity index (χ0v) is 16.6. The van der Waals surface area contributed by atoms with Crippen molar-refractivity contribution in [2.24, 2.45) is 0 Å². The number of alkyl halides is 1. The molecular formula is C22H31ClO2. The molecule has 0 amide bonds. The number of halogens is 1. The van der Waals surface area contributed by atoms with Crippen LogP contribution in [-0.4, -0.2) is 18.6 Å². The first-order chi connectivity index (χ1) is 12.2. The first kappa shape index (κ1) is 19.9. The Bertz CT molecular complexity index is 654. The van der Waals surface area contributed by atoms with Gasteiger partial charge in [-0.3, -0.25) is 0 Å². The highest BCUT2D eigenvalue weighted by Crippen LogP contribution is 2.31. The van der Waals surface area contributed by atoms with Crippen LogP contribution in [0.25, 0.3) is 10.8 Å². The van der Waals surface area contributed by atoms with Gasteiger partial charge in [0.05, 0.1) is 12.7 Å². The molecule has 0 fully saturated rings. The topological polar surface area (TPSA) is 18.5 Å². The molecule has 0 N–H and O–H groups in total. The third-order valence-corrected chi connectivity index (χ3v) is 4.90. The number of unbranched alkanes of at least 4 members (excludes halogenated alkanes) is 2. The number of benzene rings is 2. The van der Waals surface area contributed by atoms with Crippen molar-refractivity contribution in [3.63, 3.8) is 0 Å². The highest BCUT2D eigenvalue weighted by atomic mass is 35.5. The predicted molar refractivity (Wildman–Crippen MR) is 108 cm³/mol. The van der Waals surface area contributed by atoms with Crippen LogP contribution in [0.5, 0.6) is 11.5 Å². The highest BCUT2D eigenvalue weighted by Gasteiger charge is 2.12. The molecule has 25 heavy (non-hydrogen) atoms. The van der Waals surface area contributed by atoms with Crippen molar-refractivity contribution < 1.29 is 9.47 Å². The molecule has 0 spiro atoms. The minimum atomic E-state index is 0.306. The number of aryl methyl sites for hydroxylation is 1. The SMILES string of the molecule is CCCCCC(CC)Oc1ccc2cc(OCCCCl)ccc2c1C. The third kappa shape index (κ3) is 5.81. The van der Waals surface area contributed by atoms with Crippen molar-refractivity contribution >= 4 is 22.4 Å². The smallest absolute Gasteiger partial charge is 0.123 e. The minimum Gasteiger partial charge on any atom is -0.494 e. The molecule has 2 aromatic carbocycles. The standard InChI is InChI=1S/C22H31ClO2/c1-4-6-7-9-19(5-2)25-22-13-10-18-16-20(24-15-8-14-23)11-12-21(18)17(22)3/h10-13,16,19H,4-9,14-15H2,1-3H3. The highest BCUT2D eigenvalue weighted by molar-refractivity contribution is 6.17. The van der Waals surface area contributed by atoms with Crippen molar-refractivity contribution in [1.29, 1.82) is 0 Å². The molecule has 0 saturated carbocycles. The van der Waals surface area contributed by atoms with Crippen molar-refractivity contribution in [1.82, 2.24) is 0 Å². The Morgan fingerprint density at radius 2 is 1.88 bits per heavy atom. The van der Waals surface area contributed by atoms with Crippen molar-refractivity contribution in [2.45, 2.75) is 65.4 Å². The van der Waals surface area contributed by atoms with E-state index in [0.29, 0.717) is 18.6 Å². The van der Waals surface area contributed by atoms with Crippen LogP contribution in [0.2, 0.25) is 0 Å². The second kappa shape index (κ2) is 10.6. The van der Waals surface area contributed by atoms with Gasteiger partial charge in [-0.15, -0.1) is 11.6 Å². The molecule has 1 atom stereocenters. The summed E-state index contributed by atoms with van der Waals surface area (Å²) in [6, 6.07) is 10.5. The van der Waals surface area contributed by atoms with Crippen LogP contribution in [0.4, 0.5) is 0 Å². The van der Waals surface area contributed by atoms with Gasteiger partial charge in [0.2, 0.25) is 0 Å². The summed E-state index contributed by atoms with van der Waals surface area (Å²) < 4.78 is 12.1. The number of hydrogen-bond donors (Lipinski definition) is 0. The maximum Gasteiger partial charge on any atom is 0.123 e. The van der Waals surface area contributed by atoms with Crippen LogP contribution in [0.15, 0.2) is 30.3 Å². The summed E-state index contributed by atoms with van der Waals surface area (Å²) in [5.74, 6) is 2.54. The van der Waals surface area contributed by atoms with Crippen LogP contribution in [0.1, 0.15) is 57.9 Å². The van der Waals surface area contributed by atoms with E-state index in [1.165, 1.54) is 35.6 Å². The fraction of sp³-hybridized carbons (Fsp3) is 0.545. The molecule has 2 aromatic rings. The summed E-state index contributed by atoms with van der Waals surface area (Å²) in [5.41, 5.74) is 1.21. The molecule has 0 heterocycles. The molecule has 0 aliphatic carbocycles. The molecule has 3 heteroatoms. The Morgan fingerprint density at radius 3 is 2.60 bits per heavy atom. The first-order valence-corrected chi connectivity index (χ1v) is 10.1. The maximum atomic E-state index is 6.31. The summed E-state index contributed by atoms with van der Waals surface area (Å²) in [5, 5.41) is 2.41. The Morgan fingerprint density at radius 1 is 1.04 bits per heavy atom. The molecule has 0 saturated heterocycles. The Labute approximate surface area is 157 Å². The molecule has 1 unspecified atom stereocenters. The van der Waals surface area contributed by atoms with E-state index in [1.807, 2.05) is 6.07 Å². The van der Waals surface area contributed by atoms with Crippen LogP contribution >= 0.6 is 11.6 Å². The second-order valence-electron chi connectivity index (χ2n) is 6.61. The van der Waals surface area contributed by atoms with Crippen molar-refractivity contribution in [3.05, 3.63) is 35.9 Å². The Balaban J connectivity index is 2.11. The molecule has 0 radical (unpaired) electrons. The molecule has 138 valence electrons. The van der Waals surface area contributed by atoms with Crippen LogP contribution < -0.4 is 9.47 Å². The van der Waals surface area contributed by atoms with E-state index in [1.54, 1.807) is 0 Å². The molecule has 0 aliphatic rings. The molecule has 0 aliphatic heterocycles. The lowest BCUT2D eigenvalue weighted by molar-refractivity contribution is 0.182. The largest absolute Gasteiger partial charge is 0.494 e. The molecule has 0 aromatic heterocycles. The van der Waals surface area contributed by atoms with Gasteiger partial charge in [-0.25, -0.2) is 0 Å². The molecule has 2 rings (SSSR count). The molecule has 0 bridgehead atoms. The first-order valence-electron chi connectivity index (χ1n) is 9.58. The molecule has 2 nitrogen and oxygen atoms in total. The van der Waals surface area contributed by atoms with Gasteiger partial charge in [0.1, 0.15) is 11.5 Å². The van der Waals surface area contributed by atoms with E-state index < -0.39 is 0 Å². The zero-order valence-electron chi connectivity index (χ0n) is 15.8. The number of fused-ring (bicyclic) bond motifs is 1. The van der Waals surface area contributed by atoms with Gasteiger partial charge in [-0.1, -0.05) is 38.8 Å². The summed E-state index contributed by atoms with van der Waals surface area (Å²) in [4.78, 5) is 0. The van der Waals surface area contributed by atoms with Gasteiger partial charge in [0, 0.05) is 5.88 Å². The second-order valence-corrected chi connectivity index (χ2v) is 6.98. The lowest BCUT2D eigenvalue weighted by Crippen LogP contribution is -2.15. The Hall–Kier alpha value is -1.41. The fourth-order valence-electron chi connectivity index (χ4n) is 3.05. The van der Waals surface area contributed by atoms with Gasteiger partial charge in [0.15, 0.2) is 0 Å². The van der Waals surface area contributed by atoms with Crippen molar-refractivity contribution in [2.75, 3.05) is 12.5 Å². The lowest BCUT2D eigenvalue weighted by atomic mass is 10.0. The summed E-state index contributed by atoms with van der Waals surface area (Å²) in [6.45, 7) is 7.25. The summed E-state index contributed by atoms with van der Waals surface area (Å²) >= 11 is 5.70. The average molecular weight is 363 g/mol. The maximum absolute atomic E-state index is 6.31. The van der Waals surface area contributed by atoms with Gasteiger partial charge in [0.25, 0.3) is 0 Å². The van der Waals surface area contributed by atoms with Gasteiger partial charge < -0.3 is 9.47 Å². The Kier molecular flexibility index (Phi) is 8.40. The van der Waals surface area contributed by atoms with E-state index in [9.17, 15) is 0 Å². The van der Waals surface area contributed by atoms with E-state index in [0.717, 1.165) is 30.8 Å². The van der Waals surface area contributed by atoms with E-state index in [-0.39, 0.29) is 0 Å².